The molecule has 0 saturated heterocycles. The van der Waals surface area contributed by atoms with E-state index >= 15 is 0 Å². The summed E-state index contributed by atoms with van der Waals surface area (Å²) in [5.41, 5.74) is 1.20. The minimum absolute atomic E-state index is 0.0230. The maximum Gasteiger partial charge on any atom is 0.251 e. The highest BCUT2D eigenvalue weighted by Crippen LogP contribution is 2.09. The van der Waals surface area contributed by atoms with Gasteiger partial charge < -0.3 is 15.5 Å². The molecule has 2 N–H and O–H groups in total. The lowest BCUT2D eigenvalue weighted by molar-refractivity contribution is -0.133. The van der Waals surface area contributed by atoms with Gasteiger partial charge in [-0.05, 0) is 42.8 Å². The lowest BCUT2D eigenvalue weighted by Crippen LogP contribution is -2.35. The molecule has 0 spiro atoms. The summed E-state index contributed by atoms with van der Waals surface area (Å²) >= 11 is 5.79. The number of para-hydroxylation sites is 1. The van der Waals surface area contributed by atoms with Crippen LogP contribution in [0.3, 0.4) is 0 Å². The molecule has 2 aromatic carbocycles. The zero-order valence-corrected chi connectivity index (χ0v) is 15.8. The third kappa shape index (κ3) is 7.11. The van der Waals surface area contributed by atoms with Crippen LogP contribution in [0.2, 0.25) is 5.02 Å². The van der Waals surface area contributed by atoms with E-state index in [4.69, 9.17) is 11.6 Å². The van der Waals surface area contributed by atoms with Crippen LogP contribution in [-0.2, 0) is 9.59 Å². The smallest absolute Gasteiger partial charge is 0.251 e. The predicted octanol–water partition coefficient (Wildman–Crippen LogP) is 2.95. The van der Waals surface area contributed by atoms with E-state index in [1.54, 1.807) is 43.4 Å². The number of hydrogen-bond acceptors (Lipinski definition) is 3. The number of halogens is 1. The SMILES string of the molecule is CN(CC(=O)Nc1ccccc1)C(=O)CCCNC(=O)c1ccc(Cl)cc1. The van der Waals surface area contributed by atoms with E-state index in [-0.39, 0.29) is 30.7 Å². The van der Waals surface area contributed by atoms with E-state index < -0.39 is 0 Å². The number of nitrogens with zero attached hydrogens (tertiary/aromatic N) is 1. The Hall–Kier alpha value is -2.86. The zero-order chi connectivity index (χ0) is 19.6. The number of nitrogens with one attached hydrogen (secondary N) is 2. The van der Waals surface area contributed by atoms with Gasteiger partial charge >= 0.3 is 0 Å². The minimum atomic E-state index is -0.256. The van der Waals surface area contributed by atoms with Crippen molar-refractivity contribution in [1.82, 2.24) is 10.2 Å². The largest absolute Gasteiger partial charge is 0.352 e. The van der Waals surface area contributed by atoms with Gasteiger partial charge in [0.05, 0.1) is 6.54 Å². The summed E-state index contributed by atoms with van der Waals surface area (Å²) in [4.78, 5) is 37.4. The highest BCUT2D eigenvalue weighted by molar-refractivity contribution is 6.30. The second-order valence-corrected chi connectivity index (χ2v) is 6.47. The Morgan fingerprint density at radius 2 is 1.67 bits per heavy atom. The summed E-state index contributed by atoms with van der Waals surface area (Å²) in [7, 11) is 1.58. The monoisotopic (exact) mass is 387 g/mol. The third-order valence-electron chi connectivity index (χ3n) is 3.82. The number of rotatable bonds is 8. The molecule has 7 heteroatoms. The van der Waals surface area contributed by atoms with Gasteiger partial charge in [-0.2, -0.15) is 0 Å². The van der Waals surface area contributed by atoms with Crippen LogP contribution in [0, 0.1) is 0 Å². The molecule has 142 valence electrons. The Bertz CT molecular complexity index is 779. The van der Waals surface area contributed by atoms with E-state index in [0.717, 1.165) is 0 Å². The topological polar surface area (TPSA) is 78.5 Å². The molecule has 0 radical (unpaired) electrons. The minimum Gasteiger partial charge on any atom is -0.352 e. The van der Waals surface area contributed by atoms with Crippen LogP contribution >= 0.6 is 11.6 Å². The van der Waals surface area contributed by atoms with Crippen LogP contribution in [0.15, 0.2) is 54.6 Å². The van der Waals surface area contributed by atoms with Crippen LogP contribution < -0.4 is 10.6 Å². The first-order chi connectivity index (χ1) is 13.0. The molecule has 6 nitrogen and oxygen atoms in total. The average Bonchev–Trinajstić information content (AvgIpc) is 2.66. The zero-order valence-electron chi connectivity index (χ0n) is 15.1. The van der Waals surface area contributed by atoms with E-state index in [1.165, 1.54) is 4.90 Å². The summed E-state index contributed by atoms with van der Waals surface area (Å²) in [6.07, 6.45) is 0.735. The number of amides is 3. The molecule has 0 aliphatic rings. The van der Waals surface area contributed by atoms with Crippen molar-refractivity contribution in [2.75, 3.05) is 25.5 Å². The first-order valence-electron chi connectivity index (χ1n) is 8.58. The highest BCUT2D eigenvalue weighted by Gasteiger charge is 2.13. The normalized spacial score (nSPS) is 10.1. The Morgan fingerprint density at radius 1 is 1.00 bits per heavy atom. The Labute approximate surface area is 163 Å². The molecule has 0 aliphatic heterocycles. The van der Waals surface area contributed by atoms with Gasteiger partial charge in [0.15, 0.2) is 0 Å². The third-order valence-corrected chi connectivity index (χ3v) is 4.08. The van der Waals surface area contributed by atoms with E-state index in [9.17, 15) is 14.4 Å². The highest BCUT2D eigenvalue weighted by atomic mass is 35.5. The van der Waals surface area contributed by atoms with E-state index in [1.807, 2.05) is 18.2 Å². The molecule has 0 heterocycles. The number of anilines is 1. The summed E-state index contributed by atoms with van der Waals surface area (Å²) in [5, 5.41) is 6.05. The van der Waals surface area contributed by atoms with Crippen molar-refractivity contribution in [2.45, 2.75) is 12.8 Å². The summed E-state index contributed by atoms with van der Waals surface area (Å²) in [6, 6.07) is 15.6. The second kappa shape index (κ2) is 10.3. The van der Waals surface area contributed by atoms with Gasteiger partial charge in [-0.1, -0.05) is 29.8 Å². The lowest BCUT2D eigenvalue weighted by atomic mass is 10.2. The molecule has 0 bridgehead atoms. The van der Waals surface area contributed by atoms with Gasteiger partial charge in [-0.15, -0.1) is 0 Å². The maximum absolute atomic E-state index is 12.1. The lowest BCUT2D eigenvalue weighted by Gasteiger charge is -2.17. The van der Waals surface area contributed by atoms with Crippen LogP contribution in [0.1, 0.15) is 23.2 Å². The standard InChI is InChI=1S/C20H22ClN3O3/c1-24(14-18(25)23-17-6-3-2-4-7-17)19(26)8-5-13-22-20(27)15-9-11-16(21)12-10-15/h2-4,6-7,9-12H,5,8,13-14H2,1H3,(H,22,27)(H,23,25). The number of carbonyl (C=O) groups is 3. The number of benzene rings is 2. The van der Waals surface area contributed by atoms with Crippen molar-refractivity contribution in [3.8, 4) is 0 Å². The second-order valence-electron chi connectivity index (χ2n) is 6.03. The van der Waals surface area contributed by atoms with Crippen molar-refractivity contribution >= 4 is 35.0 Å². The first kappa shape index (κ1) is 20.5. The maximum atomic E-state index is 12.1. The quantitative estimate of drug-likeness (QED) is 0.683. The predicted molar refractivity (Wildman–Crippen MR) is 106 cm³/mol. The Morgan fingerprint density at radius 3 is 2.33 bits per heavy atom. The molecule has 0 fully saturated rings. The Balaban J connectivity index is 1.66. The molecule has 0 aromatic heterocycles. The molecular weight excluding hydrogens is 366 g/mol. The van der Waals surface area contributed by atoms with Gasteiger partial charge in [0, 0.05) is 36.3 Å². The van der Waals surface area contributed by atoms with Crippen molar-refractivity contribution in [3.05, 3.63) is 65.2 Å². The van der Waals surface area contributed by atoms with Crippen molar-refractivity contribution in [3.63, 3.8) is 0 Å². The van der Waals surface area contributed by atoms with Gasteiger partial charge in [0.1, 0.15) is 0 Å². The Kier molecular flexibility index (Phi) is 7.82. The fourth-order valence-electron chi connectivity index (χ4n) is 2.36. The van der Waals surface area contributed by atoms with Crippen LogP contribution in [-0.4, -0.2) is 42.8 Å². The number of hydrogen-bond donors (Lipinski definition) is 2. The van der Waals surface area contributed by atoms with Crippen LogP contribution in [0.4, 0.5) is 5.69 Å². The average molecular weight is 388 g/mol. The van der Waals surface area contributed by atoms with Crippen molar-refractivity contribution in [2.24, 2.45) is 0 Å². The van der Waals surface area contributed by atoms with E-state index in [2.05, 4.69) is 10.6 Å². The number of likely N-dealkylation sites (N-methyl/N-ethyl adjacent to an activating group) is 1. The molecule has 0 unspecified atom stereocenters. The fraction of sp³-hybridized carbons (Fsp3) is 0.250. The van der Waals surface area contributed by atoms with Gasteiger partial charge in [0.25, 0.3) is 5.91 Å². The van der Waals surface area contributed by atoms with Crippen LogP contribution in [0.5, 0.6) is 0 Å². The molecule has 2 aromatic rings. The molecular formula is C20H22ClN3O3. The summed E-state index contributed by atoms with van der Waals surface area (Å²) in [6.45, 7) is 0.349. The van der Waals surface area contributed by atoms with Gasteiger partial charge in [-0.25, -0.2) is 0 Å². The summed E-state index contributed by atoms with van der Waals surface area (Å²) < 4.78 is 0. The molecule has 2 rings (SSSR count). The molecule has 0 aliphatic carbocycles. The van der Waals surface area contributed by atoms with Crippen LogP contribution in [0.25, 0.3) is 0 Å². The fourth-order valence-corrected chi connectivity index (χ4v) is 2.49. The van der Waals surface area contributed by atoms with Crippen molar-refractivity contribution < 1.29 is 14.4 Å². The molecule has 0 atom stereocenters. The summed E-state index contributed by atoms with van der Waals surface area (Å²) in [5.74, 6) is -0.623. The number of carbonyl (C=O) groups excluding carboxylic acids is 3. The van der Waals surface area contributed by atoms with Crippen molar-refractivity contribution in [1.29, 1.82) is 0 Å². The molecule has 0 saturated carbocycles. The molecule has 27 heavy (non-hydrogen) atoms. The molecule has 3 amide bonds. The van der Waals surface area contributed by atoms with Gasteiger partial charge in [-0.3, -0.25) is 14.4 Å². The van der Waals surface area contributed by atoms with Gasteiger partial charge in [0.2, 0.25) is 11.8 Å². The van der Waals surface area contributed by atoms with E-state index in [0.29, 0.717) is 29.2 Å². The first-order valence-corrected chi connectivity index (χ1v) is 8.96.